The van der Waals surface area contributed by atoms with Crippen LogP contribution in [0.2, 0.25) is 0 Å². The number of piperidine rings is 1. The van der Waals surface area contributed by atoms with Gasteiger partial charge >= 0.3 is 0 Å². The minimum atomic E-state index is 0.329. The second-order valence-electron chi connectivity index (χ2n) is 4.12. The molecule has 0 aromatic carbocycles. The third kappa shape index (κ3) is 4.16. The maximum absolute atomic E-state index is 9.20. The zero-order chi connectivity index (χ0) is 10.2. The minimum absolute atomic E-state index is 0.329. The first-order valence-corrected chi connectivity index (χ1v) is 6.33. The van der Waals surface area contributed by atoms with E-state index in [1.54, 1.807) is 0 Å². The first kappa shape index (κ1) is 12.3. The van der Waals surface area contributed by atoms with Crippen LogP contribution in [0, 0.1) is 0 Å². The van der Waals surface area contributed by atoms with E-state index in [1.165, 1.54) is 38.6 Å². The predicted octanol–water partition coefficient (Wildman–Crippen LogP) is 2.24. The van der Waals surface area contributed by atoms with E-state index in [4.69, 9.17) is 11.6 Å². The highest BCUT2D eigenvalue weighted by molar-refractivity contribution is 6.17. The molecule has 1 aliphatic rings. The third-order valence-corrected chi connectivity index (χ3v) is 3.31. The van der Waals surface area contributed by atoms with Crippen LogP contribution in [-0.2, 0) is 0 Å². The summed E-state index contributed by atoms with van der Waals surface area (Å²) < 4.78 is 0. The Labute approximate surface area is 92.2 Å². The second kappa shape index (κ2) is 7.49. The molecule has 3 heteroatoms. The number of unbranched alkanes of at least 4 members (excludes halogenated alkanes) is 2. The van der Waals surface area contributed by atoms with Crippen molar-refractivity contribution < 1.29 is 5.11 Å². The number of likely N-dealkylation sites (tertiary alicyclic amines) is 1. The Balaban J connectivity index is 2.13. The average molecular weight is 220 g/mol. The fourth-order valence-corrected chi connectivity index (χ4v) is 2.34. The number of rotatable bonds is 6. The number of hydrogen-bond donors (Lipinski definition) is 1. The summed E-state index contributed by atoms with van der Waals surface area (Å²) in [6, 6.07) is 0.430. The predicted molar refractivity (Wildman–Crippen MR) is 60.9 cm³/mol. The molecule has 2 nitrogen and oxygen atoms in total. The van der Waals surface area contributed by atoms with E-state index in [9.17, 15) is 5.11 Å². The van der Waals surface area contributed by atoms with Gasteiger partial charge in [0.25, 0.3) is 0 Å². The topological polar surface area (TPSA) is 23.5 Å². The van der Waals surface area contributed by atoms with E-state index in [0.29, 0.717) is 12.6 Å². The van der Waals surface area contributed by atoms with Crippen LogP contribution in [0.1, 0.15) is 38.5 Å². The van der Waals surface area contributed by atoms with Gasteiger partial charge in [-0.15, -0.1) is 11.6 Å². The molecule has 0 saturated carbocycles. The lowest BCUT2D eigenvalue weighted by molar-refractivity contribution is 0.0887. The van der Waals surface area contributed by atoms with Crippen molar-refractivity contribution in [2.45, 2.75) is 44.6 Å². The van der Waals surface area contributed by atoms with E-state index in [2.05, 4.69) is 4.90 Å². The molecule has 1 N–H and O–H groups in total. The van der Waals surface area contributed by atoms with Crippen molar-refractivity contribution in [2.75, 3.05) is 25.6 Å². The van der Waals surface area contributed by atoms with Gasteiger partial charge in [-0.2, -0.15) is 0 Å². The van der Waals surface area contributed by atoms with Gasteiger partial charge in [0.05, 0.1) is 6.61 Å². The summed E-state index contributed by atoms with van der Waals surface area (Å²) in [6.45, 7) is 2.64. The SMILES string of the molecule is OCC1CCCCN1CCCCCCl. The van der Waals surface area contributed by atoms with Crippen molar-refractivity contribution in [3.05, 3.63) is 0 Å². The Morgan fingerprint density at radius 2 is 2.07 bits per heavy atom. The minimum Gasteiger partial charge on any atom is -0.395 e. The number of halogens is 1. The van der Waals surface area contributed by atoms with Crippen LogP contribution < -0.4 is 0 Å². The van der Waals surface area contributed by atoms with Crippen LogP contribution in [0.15, 0.2) is 0 Å². The lowest BCUT2D eigenvalue weighted by atomic mass is 10.0. The molecule has 1 atom stereocenters. The van der Waals surface area contributed by atoms with E-state index in [0.717, 1.165) is 18.8 Å². The van der Waals surface area contributed by atoms with Crippen molar-refractivity contribution >= 4 is 11.6 Å². The molecular formula is C11H22ClNO. The Hall–Kier alpha value is 0.210. The van der Waals surface area contributed by atoms with Crippen molar-refractivity contribution in [3.8, 4) is 0 Å². The molecule has 1 unspecified atom stereocenters. The first-order valence-electron chi connectivity index (χ1n) is 5.79. The standard InChI is InChI=1S/C11H22ClNO/c12-7-3-1-4-8-13-9-5-2-6-11(13)10-14/h11,14H,1-10H2. The molecule has 84 valence electrons. The lowest BCUT2D eigenvalue weighted by Gasteiger charge is -2.34. The van der Waals surface area contributed by atoms with E-state index < -0.39 is 0 Å². The normalized spacial score (nSPS) is 24.0. The summed E-state index contributed by atoms with van der Waals surface area (Å²) in [5, 5.41) is 9.20. The monoisotopic (exact) mass is 219 g/mol. The molecule has 14 heavy (non-hydrogen) atoms. The number of alkyl halides is 1. The summed E-state index contributed by atoms with van der Waals surface area (Å²) >= 11 is 5.63. The molecule has 0 aromatic rings. The largest absolute Gasteiger partial charge is 0.395 e. The van der Waals surface area contributed by atoms with Gasteiger partial charge in [0.1, 0.15) is 0 Å². The van der Waals surface area contributed by atoms with Crippen LogP contribution in [0.3, 0.4) is 0 Å². The highest BCUT2D eigenvalue weighted by Gasteiger charge is 2.20. The zero-order valence-corrected chi connectivity index (χ0v) is 9.68. The Bertz CT molecular complexity index is 143. The molecule has 1 fully saturated rings. The molecule has 1 saturated heterocycles. The van der Waals surface area contributed by atoms with Crippen molar-refractivity contribution in [2.24, 2.45) is 0 Å². The van der Waals surface area contributed by atoms with Gasteiger partial charge < -0.3 is 5.11 Å². The molecule has 0 spiro atoms. The summed E-state index contributed by atoms with van der Waals surface area (Å²) in [6.07, 6.45) is 7.32. The van der Waals surface area contributed by atoms with Gasteiger partial charge in [-0.25, -0.2) is 0 Å². The Morgan fingerprint density at radius 1 is 1.21 bits per heavy atom. The van der Waals surface area contributed by atoms with Crippen LogP contribution >= 0.6 is 11.6 Å². The van der Waals surface area contributed by atoms with E-state index >= 15 is 0 Å². The van der Waals surface area contributed by atoms with Gasteiger partial charge in [0.15, 0.2) is 0 Å². The molecule has 0 radical (unpaired) electrons. The first-order chi connectivity index (χ1) is 6.88. The number of aliphatic hydroxyl groups is 1. The molecule has 0 aliphatic carbocycles. The van der Waals surface area contributed by atoms with Crippen LogP contribution in [0.4, 0.5) is 0 Å². The molecule has 1 rings (SSSR count). The quantitative estimate of drug-likeness (QED) is 0.547. The fourth-order valence-electron chi connectivity index (χ4n) is 2.15. The zero-order valence-electron chi connectivity index (χ0n) is 8.92. The highest BCUT2D eigenvalue weighted by Crippen LogP contribution is 2.17. The number of hydrogen-bond acceptors (Lipinski definition) is 2. The lowest BCUT2D eigenvalue weighted by Crippen LogP contribution is -2.42. The maximum atomic E-state index is 9.20. The van der Waals surface area contributed by atoms with Gasteiger partial charge in [-0.3, -0.25) is 4.90 Å². The summed E-state index contributed by atoms with van der Waals surface area (Å²) in [5.74, 6) is 0.781. The number of aliphatic hydroxyl groups excluding tert-OH is 1. The van der Waals surface area contributed by atoms with Gasteiger partial charge in [0, 0.05) is 11.9 Å². The van der Waals surface area contributed by atoms with Gasteiger partial charge in [-0.05, 0) is 38.8 Å². The summed E-state index contributed by atoms with van der Waals surface area (Å²) in [7, 11) is 0. The highest BCUT2D eigenvalue weighted by atomic mass is 35.5. The van der Waals surface area contributed by atoms with E-state index in [1.807, 2.05) is 0 Å². The molecule has 1 heterocycles. The third-order valence-electron chi connectivity index (χ3n) is 3.04. The molecule has 1 aliphatic heterocycles. The number of nitrogens with zero attached hydrogens (tertiary/aromatic N) is 1. The van der Waals surface area contributed by atoms with Crippen molar-refractivity contribution in [1.82, 2.24) is 4.90 Å². The fraction of sp³-hybridized carbons (Fsp3) is 1.00. The van der Waals surface area contributed by atoms with Crippen molar-refractivity contribution in [1.29, 1.82) is 0 Å². The van der Waals surface area contributed by atoms with Crippen molar-refractivity contribution in [3.63, 3.8) is 0 Å². The smallest absolute Gasteiger partial charge is 0.0586 e. The maximum Gasteiger partial charge on any atom is 0.0586 e. The average Bonchev–Trinajstić information content (AvgIpc) is 2.25. The molecule has 0 amide bonds. The Morgan fingerprint density at radius 3 is 2.79 bits per heavy atom. The van der Waals surface area contributed by atoms with Gasteiger partial charge in [-0.1, -0.05) is 12.8 Å². The summed E-state index contributed by atoms with van der Waals surface area (Å²) in [5.41, 5.74) is 0. The molecular weight excluding hydrogens is 198 g/mol. The van der Waals surface area contributed by atoms with Crippen LogP contribution in [-0.4, -0.2) is 41.6 Å². The Kier molecular flexibility index (Phi) is 6.57. The molecule has 0 aromatic heterocycles. The van der Waals surface area contributed by atoms with E-state index in [-0.39, 0.29) is 0 Å². The van der Waals surface area contributed by atoms with Crippen LogP contribution in [0.5, 0.6) is 0 Å². The summed E-state index contributed by atoms with van der Waals surface area (Å²) in [4.78, 5) is 2.44. The molecule has 0 bridgehead atoms. The van der Waals surface area contributed by atoms with Crippen LogP contribution in [0.25, 0.3) is 0 Å². The second-order valence-corrected chi connectivity index (χ2v) is 4.50. The van der Waals surface area contributed by atoms with Gasteiger partial charge in [0.2, 0.25) is 0 Å².